The second kappa shape index (κ2) is 10.2. The van der Waals surface area contributed by atoms with Crippen molar-refractivity contribution in [3.8, 4) is 11.5 Å². The Hall–Kier alpha value is -0.750. The van der Waals surface area contributed by atoms with Gasteiger partial charge in [-0.05, 0) is 74.2 Å². The van der Waals surface area contributed by atoms with Crippen LogP contribution >= 0.6 is 44.3 Å². The fraction of sp³-hybridized carbons (Fsp3) is 0.294. The Morgan fingerprint density at radius 1 is 0.957 bits per heavy atom. The summed E-state index contributed by atoms with van der Waals surface area (Å²) >= 11 is 7.11. The van der Waals surface area contributed by atoms with Crippen LogP contribution < -0.4 is 14.8 Å². The van der Waals surface area contributed by atoms with Crippen LogP contribution in [0.5, 0.6) is 11.5 Å². The van der Waals surface area contributed by atoms with Crippen LogP contribution in [0.3, 0.4) is 0 Å². The molecule has 0 aliphatic carbocycles. The zero-order chi connectivity index (χ0) is 15.9. The number of hydrogen-bond acceptors (Lipinski definition) is 3. The molecule has 0 saturated heterocycles. The number of rotatable bonds is 7. The molecule has 0 aromatic heterocycles. The smallest absolute Gasteiger partial charge is 0.147 e. The lowest BCUT2D eigenvalue weighted by Crippen LogP contribution is -2.12. The Kier molecular flexibility index (Phi) is 8.99. The minimum atomic E-state index is 0. The average Bonchev–Trinajstić information content (AvgIpc) is 2.51. The summed E-state index contributed by atoms with van der Waals surface area (Å²) in [6.45, 7) is 4.22. The number of hydrogen-bond donors (Lipinski definition) is 1. The first-order chi connectivity index (χ1) is 10.6. The van der Waals surface area contributed by atoms with Crippen LogP contribution in [0.4, 0.5) is 0 Å². The van der Waals surface area contributed by atoms with Crippen LogP contribution in [0.15, 0.2) is 45.3 Å². The normalized spacial score (nSPS) is 10.1. The molecule has 0 saturated carbocycles. The molecule has 2 aromatic carbocycles. The maximum absolute atomic E-state index is 5.59. The fourth-order valence-electron chi connectivity index (χ4n) is 2.09. The van der Waals surface area contributed by atoms with Crippen LogP contribution in [-0.2, 0) is 13.1 Å². The predicted octanol–water partition coefficient (Wildman–Crippen LogP) is 5.33. The van der Waals surface area contributed by atoms with Crippen molar-refractivity contribution < 1.29 is 9.47 Å². The second-order valence-corrected chi connectivity index (χ2v) is 6.48. The van der Waals surface area contributed by atoms with Gasteiger partial charge in [-0.1, -0.05) is 12.1 Å². The third kappa shape index (κ3) is 5.99. The van der Waals surface area contributed by atoms with Gasteiger partial charge in [0.15, 0.2) is 0 Å². The van der Waals surface area contributed by atoms with Gasteiger partial charge in [0.2, 0.25) is 0 Å². The van der Waals surface area contributed by atoms with Gasteiger partial charge in [-0.25, -0.2) is 0 Å². The molecule has 0 amide bonds. The van der Waals surface area contributed by atoms with E-state index in [9.17, 15) is 0 Å². The fourth-order valence-corrected chi connectivity index (χ4v) is 3.60. The molecule has 0 unspecified atom stereocenters. The van der Waals surface area contributed by atoms with Gasteiger partial charge in [-0.3, -0.25) is 0 Å². The molecule has 2 rings (SSSR count). The van der Waals surface area contributed by atoms with E-state index in [0.29, 0.717) is 6.61 Å². The molecule has 0 radical (unpaired) electrons. The monoisotopic (exact) mass is 463 g/mol. The second-order valence-electron chi connectivity index (χ2n) is 4.77. The highest BCUT2D eigenvalue weighted by Gasteiger charge is 2.08. The van der Waals surface area contributed by atoms with Crippen LogP contribution in [0.25, 0.3) is 0 Å². The lowest BCUT2D eigenvalue weighted by atomic mass is 10.2. The molecule has 126 valence electrons. The largest absolute Gasteiger partial charge is 0.497 e. The van der Waals surface area contributed by atoms with Crippen LogP contribution in [0, 0.1) is 0 Å². The van der Waals surface area contributed by atoms with E-state index >= 15 is 0 Å². The average molecular weight is 466 g/mol. The maximum Gasteiger partial charge on any atom is 0.147 e. The molecule has 1 N–H and O–H groups in total. The molecule has 2 aromatic rings. The molecule has 0 spiro atoms. The van der Waals surface area contributed by atoms with Crippen LogP contribution in [0.1, 0.15) is 18.1 Å². The van der Waals surface area contributed by atoms with E-state index in [4.69, 9.17) is 9.47 Å². The zero-order valence-corrected chi connectivity index (χ0v) is 17.1. The summed E-state index contributed by atoms with van der Waals surface area (Å²) in [5.74, 6) is 1.73. The Balaban J connectivity index is 0.00000264. The molecular weight excluding hydrogens is 445 g/mol. The van der Waals surface area contributed by atoms with Gasteiger partial charge in [0.05, 0.1) is 22.7 Å². The molecule has 0 heterocycles. The zero-order valence-electron chi connectivity index (χ0n) is 13.1. The topological polar surface area (TPSA) is 30.5 Å². The lowest BCUT2D eigenvalue weighted by Gasteiger charge is -2.12. The summed E-state index contributed by atoms with van der Waals surface area (Å²) < 4.78 is 12.7. The summed E-state index contributed by atoms with van der Waals surface area (Å²) in [4.78, 5) is 0. The Morgan fingerprint density at radius 2 is 1.52 bits per heavy atom. The number of halogens is 3. The van der Waals surface area contributed by atoms with Crippen molar-refractivity contribution in [1.82, 2.24) is 5.32 Å². The van der Waals surface area contributed by atoms with Crippen molar-refractivity contribution in [2.45, 2.75) is 20.0 Å². The first-order valence-corrected chi connectivity index (χ1v) is 8.67. The van der Waals surface area contributed by atoms with E-state index in [1.165, 1.54) is 11.1 Å². The molecule has 0 aliphatic heterocycles. The molecule has 0 fully saturated rings. The SMILES string of the molecule is CCOc1c(Br)cc(CNCc2ccc(OC)cc2)cc1Br.Cl. The van der Waals surface area contributed by atoms with E-state index in [0.717, 1.165) is 33.5 Å². The number of ether oxygens (including phenoxy) is 2. The summed E-state index contributed by atoms with van der Waals surface area (Å²) in [5.41, 5.74) is 2.42. The van der Waals surface area contributed by atoms with Crippen LogP contribution in [0.2, 0.25) is 0 Å². The molecule has 6 heteroatoms. The Bertz CT molecular complexity index is 597. The molecule has 0 bridgehead atoms. The summed E-state index contributed by atoms with van der Waals surface area (Å²) in [6, 6.07) is 12.2. The van der Waals surface area contributed by atoms with Crippen molar-refractivity contribution in [3.63, 3.8) is 0 Å². The molecular formula is C17H20Br2ClNO2. The molecule has 23 heavy (non-hydrogen) atoms. The van der Waals surface area contributed by atoms with Gasteiger partial charge in [-0.15, -0.1) is 12.4 Å². The van der Waals surface area contributed by atoms with Gasteiger partial charge in [0.1, 0.15) is 11.5 Å². The van der Waals surface area contributed by atoms with E-state index < -0.39 is 0 Å². The van der Waals surface area contributed by atoms with E-state index in [1.807, 2.05) is 19.1 Å². The number of nitrogens with one attached hydrogen (secondary N) is 1. The number of methoxy groups -OCH3 is 1. The lowest BCUT2D eigenvalue weighted by molar-refractivity contribution is 0.336. The highest BCUT2D eigenvalue weighted by Crippen LogP contribution is 2.34. The van der Waals surface area contributed by atoms with Gasteiger partial charge in [0.25, 0.3) is 0 Å². The van der Waals surface area contributed by atoms with Crippen molar-refractivity contribution in [3.05, 3.63) is 56.5 Å². The Labute approximate surface area is 160 Å². The third-order valence-corrected chi connectivity index (χ3v) is 4.34. The summed E-state index contributed by atoms with van der Waals surface area (Å²) in [7, 11) is 1.68. The van der Waals surface area contributed by atoms with Gasteiger partial charge < -0.3 is 14.8 Å². The maximum atomic E-state index is 5.59. The predicted molar refractivity (Wildman–Crippen MR) is 104 cm³/mol. The van der Waals surface area contributed by atoms with Crippen molar-refractivity contribution in [2.75, 3.05) is 13.7 Å². The van der Waals surface area contributed by atoms with Gasteiger partial charge in [0, 0.05) is 13.1 Å². The molecule has 3 nitrogen and oxygen atoms in total. The third-order valence-electron chi connectivity index (χ3n) is 3.16. The van der Waals surface area contributed by atoms with Gasteiger partial charge in [-0.2, -0.15) is 0 Å². The first-order valence-electron chi connectivity index (χ1n) is 7.08. The minimum Gasteiger partial charge on any atom is -0.497 e. The van der Waals surface area contributed by atoms with Crippen molar-refractivity contribution in [1.29, 1.82) is 0 Å². The van der Waals surface area contributed by atoms with Crippen LogP contribution in [-0.4, -0.2) is 13.7 Å². The van der Waals surface area contributed by atoms with E-state index in [1.54, 1.807) is 7.11 Å². The quantitative estimate of drug-likeness (QED) is 0.600. The van der Waals surface area contributed by atoms with E-state index in [2.05, 4.69) is 61.4 Å². The highest BCUT2D eigenvalue weighted by molar-refractivity contribution is 9.11. The van der Waals surface area contributed by atoms with E-state index in [-0.39, 0.29) is 12.4 Å². The van der Waals surface area contributed by atoms with Crippen molar-refractivity contribution >= 4 is 44.3 Å². The summed E-state index contributed by atoms with van der Waals surface area (Å²) in [6.07, 6.45) is 0. The number of benzene rings is 2. The highest BCUT2D eigenvalue weighted by atomic mass is 79.9. The Morgan fingerprint density at radius 3 is 2.04 bits per heavy atom. The minimum absolute atomic E-state index is 0. The standard InChI is InChI=1S/C17H19Br2NO2.ClH/c1-3-22-17-15(18)8-13(9-16(17)19)11-20-10-12-4-6-14(21-2)7-5-12;/h4-9,20H,3,10-11H2,1-2H3;1H. The summed E-state index contributed by atoms with van der Waals surface area (Å²) in [5, 5.41) is 3.44. The first kappa shape index (κ1) is 20.3. The molecule has 0 atom stereocenters. The van der Waals surface area contributed by atoms with Gasteiger partial charge >= 0.3 is 0 Å². The van der Waals surface area contributed by atoms with Crippen molar-refractivity contribution in [2.24, 2.45) is 0 Å². The molecule has 0 aliphatic rings.